The van der Waals surface area contributed by atoms with Gasteiger partial charge in [0.25, 0.3) is 15.9 Å². The largest absolute Gasteiger partial charge is 0.495 e. The topological polar surface area (TPSA) is 70.2 Å². The Morgan fingerprint density at radius 3 is 2.39 bits per heavy atom. The van der Waals surface area contributed by atoms with Crippen LogP contribution in [0.2, 0.25) is 0 Å². The number of para-hydroxylation sites is 2. The molecule has 0 atom stereocenters. The van der Waals surface area contributed by atoms with Crippen LogP contribution in [0.4, 0.5) is 5.69 Å². The molecule has 0 saturated carbocycles. The summed E-state index contributed by atoms with van der Waals surface area (Å²) < 4.78 is 33.2. The van der Waals surface area contributed by atoms with E-state index in [2.05, 4.69) is 11.9 Å². The minimum atomic E-state index is -3.88. The number of ether oxygens (including phenoxy) is 1. The number of rotatable bonds is 6. The Bertz CT molecular complexity index is 1050. The van der Waals surface area contributed by atoms with Gasteiger partial charge in [-0.05, 0) is 69.7 Å². The van der Waals surface area contributed by atoms with Crippen LogP contribution in [-0.4, -0.2) is 71.5 Å². The Labute approximate surface area is 185 Å². The lowest BCUT2D eigenvalue weighted by atomic mass is 10.0. The number of aryl methyl sites for hydroxylation is 1. The number of likely N-dealkylation sites (tertiary alicyclic amines) is 1. The maximum Gasteiger partial charge on any atom is 0.264 e. The maximum atomic E-state index is 13.3. The highest BCUT2D eigenvalue weighted by Gasteiger charge is 2.28. The first-order valence-electron chi connectivity index (χ1n) is 10.3. The summed E-state index contributed by atoms with van der Waals surface area (Å²) in [6, 6.07) is 11.8. The van der Waals surface area contributed by atoms with Crippen molar-refractivity contribution < 1.29 is 17.9 Å². The van der Waals surface area contributed by atoms with Crippen LogP contribution in [0.3, 0.4) is 0 Å². The van der Waals surface area contributed by atoms with Crippen molar-refractivity contribution in [3.63, 3.8) is 0 Å². The quantitative estimate of drug-likeness (QED) is 0.684. The zero-order chi connectivity index (χ0) is 22.8. The van der Waals surface area contributed by atoms with E-state index in [9.17, 15) is 13.2 Å². The van der Waals surface area contributed by atoms with E-state index in [0.717, 1.165) is 31.5 Å². The minimum absolute atomic E-state index is 0.0756. The number of sulfonamides is 1. The third kappa shape index (κ3) is 4.70. The number of piperidine rings is 1. The third-order valence-electron chi connectivity index (χ3n) is 6.08. The Hall–Kier alpha value is -2.58. The molecule has 1 heterocycles. The molecule has 0 radical (unpaired) electrons. The van der Waals surface area contributed by atoms with Gasteiger partial charge in [0.15, 0.2) is 0 Å². The van der Waals surface area contributed by atoms with Gasteiger partial charge in [-0.2, -0.15) is 0 Å². The van der Waals surface area contributed by atoms with E-state index < -0.39 is 10.0 Å². The molecule has 168 valence electrons. The number of carbonyl (C=O) groups excluding carboxylic acids is 1. The number of hydrogen-bond acceptors (Lipinski definition) is 5. The fourth-order valence-corrected chi connectivity index (χ4v) is 5.14. The second kappa shape index (κ2) is 9.28. The predicted molar refractivity (Wildman–Crippen MR) is 122 cm³/mol. The SMILES string of the molecule is COc1ccccc1N(C)S(=O)(=O)c1ccc(C)c(C(=O)N(C)C2CCN(C)CC2)c1. The lowest BCUT2D eigenvalue weighted by molar-refractivity contribution is 0.0658. The van der Waals surface area contributed by atoms with Crippen molar-refractivity contribution in [1.29, 1.82) is 0 Å². The van der Waals surface area contributed by atoms with Crippen LogP contribution in [0.1, 0.15) is 28.8 Å². The standard InChI is InChI=1S/C23H31N3O4S/c1-17-10-11-19(31(28,29)26(4)21-8-6-7-9-22(21)30-5)16-20(17)23(27)25(3)18-12-14-24(2)15-13-18/h6-11,16,18H,12-15H2,1-5H3. The van der Waals surface area contributed by atoms with Gasteiger partial charge in [-0.15, -0.1) is 0 Å². The van der Waals surface area contributed by atoms with Crippen molar-refractivity contribution in [3.05, 3.63) is 53.6 Å². The summed E-state index contributed by atoms with van der Waals surface area (Å²) in [6.07, 6.45) is 1.82. The van der Waals surface area contributed by atoms with Crippen LogP contribution >= 0.6 is 0 Å². The first kappa shape index (κ1) is 23.1. The van der Waals surface area contributed by atoms with Crippen molar-refractivity contribution in [2.24, 2.45) is 0 Å². The summed E-state index contributed by atoms with van der Waals surface area (Å²) >= 11 is 0. The molecule has 1 saturated heterocycles. The van der Waals surface area contributed by atoms with E-state index in [1.807, 2.05) is 6.92 Å². The number of amides is 1. The molecule has 2 aromatic rings. The summed E-state index contributed by atoms with van der Waals surface area (Å²) in [4.78, 5) is 17.3. The molecule has 0 spiro atoms. The highest BCUT2D eigenvalue weighted by molar-refractivity contribution is 7.92. The monoisotopic (exact) mass is 445 g/mol. The first-order valence-corrected chi connectivity index (χ1v) is 11.8. The van der Waals surface area contributed by atoms with E-state index in [1.165, 1.54) is 24.5 Å². The number of carbonyl (C=O) groups is 1. The average Bonchev–Trinajstić information content (AvgIpc) is 2.78. The van der Waals surface area contributed by atoms with Crippen molar-refractivity contribution in [2.75, 3.05) is 45.6 Å². The van der Waals surface area contributed by atoms with Gasteiger partial charge in [0.05, 0.1) is 17.7 Å². The van der Waals surface area contributed by atoms with Gasteiger partial charge in [-0.25, -0.2) is 8.42 Å². The third-order valence-corrected chi connectivity index (χ3v) is 7.85. The molecular weight excluding hydrogens is 414 g/mol. The van der Waals surface area contributed by atoms with Gasteiger partial charge in [0.2, 0.25) is 0 Å². The van der Waals surface area contributed by atoms with Gasteiger partial charge in [-0.3, -0.25) is 9.10 Å². The van der Waals surface area contributed by atoms with Crippen LogP contribution in [0.25, 0.3) is 0 Å². The average molecular weight is 446 g/mol. The fraction of sp³-hybridized carbons (Fsp3) is 0.435. The second-order valence-corrected chi connectivity index (χ2v) is 10.0. The van der Waals surface area contributed by atoms with Crippen LogP contribution in [-0.2, 0) is 10.0 Å². The number of hydrogen-bond donors (Lipinski definition) is 0. The van der Waals surface area contributed by atoms with Gasteiger partial charge >= 0.3 is 0 Å². The lowest BCUT2D eigenvalue weighted by Crippen LogP contribution is -2.44. The van der Waals surface area contributed by atoms with Crippen molar-refractivity contribution in [1.82, 2.24) is 9.80 Å². The lowest BCUT2D eigenvalue weighted by Gasteiger charge is -2.35. The Balaban J connectivity index is 1.91. The minimum Gasteiger partial charge on any atom is -0.495 e. The van der Waals surface area contributed by atoms with Gasteiger partial charge in [-0.1, -0.05) is 18.2 Å². The van der Waals surface area contributed by atoms with E-state index in [1.54, 1.807) is 48.3 Å². The summed E-state index contributed by atoms with van der Waals surface area (Å²) in [5, 5.41) is 0. The zero-order valence-electron chi connectivity index (χ0n) is 18.8. The number of benzene rings is 2. The number of anilines is 1. The Kier molecular flexibility index (Phi) is 6.91. The normalized spacial score (nSPS) is 15.5. The Morgan fingerprint density at radius 2 is 1.74 bits per heavy atom. The molecule has 0 unspecified atom stereocenters. The van der Waals surface area contributed by atoms with Crippen LogP contribution in [0.5, 0.6) is 5.75 Å². The molecule has 1 aliphatic heterocycles. The molecule has 0 bridgehead atoms. The van der Waals surface area contributed by atoms with E-state index in [0.29, 0.717) is 17.0 Å². The molecule has 2 aromatic carbocycles. The number of methoxy groups -OCH3 is 1. The highest BCUT2D eigenvalue weighted by atomic mass is 32.2. The molecule has 0 aliphatic carbocycles. The number of nitrogens with zero attached hydrogens (tertiary/aromatic N) is 3. The van der Waals surface area contributed by atoms with Crippen molar-refractivity contribution in [3.8, 4) is 5.75 Å². The summed E-state index contributed by atoms with van der Waals surface area (Å²) in [7, 11) is 2.99. The van der Waals surface area contributed by atoms with Crippen molar-refractivity contribution in [2.45, 2.75) is 30.7 Å². The molecule has 3 rings (SSSR count). The summed E-state index contributed by atoms with van der Waals surface area (Å²) in [5.41, 5.74) is 1.60. The molecule has 7 nitrogen and oxygen atoms in total. The van der Waals surface area contributed by atoms with E-state index >= 15 is 0 Å². The Morgan fingerprint density at radius 1 is 1.10 bits per heavy atom. The smallest absolute Gasteiger partial charge is 0.264 e. The molecule has 8 heteroatoms. The zero-order valence-corrected chi connectivity index (χ0v) is 19.6. The molecule has 0 aromatic heterocycles. The molecule has 1 amide bonds. The molecule has 1 aliphatic rings. The second-order valence-electron chi connectivity index (χ2n) is 8.07. The highest BCUT2D eigenvalue weighted by Crippen LogP contribution is 2.31. The van der Waals surface area contributed by atoms with E-state index in [4.69, 9.17) is 4.74 Å². The van der Waals surface area contributed by atoms with Gasteiger partial charge in [0, 0.05) is 25.7 Å². The van der Waals surface area contributed by atoms with Gasteiger partial charge < -0.3 is 14.5 Å². The fourth-order valence-electron chi connectivity index (χ4n) is 3.91. The van der Waals surface area contributed by atoms with Crippen LogP contribution in [0.15, 0.2) is 47.4 Å². The molecular formula is C23H31N3O4S. The van der Waals surface area contributed by atoms with Crippen molar-refractivity contribution >= 4 is 21.6 Å². The summed E-state index contributed by atoms with van der Waals surface area (Å²) in [5.74, 6) is 0.308. The molecule has 31 heavy (non-hydrogen) atoms. The molecule has 1 fully saturated rings. The molecule has 0 N–H and O–H groups in total. The van der Waals surface area contributed by atoms with E-state index in [-0.39, 0.29) is 16.8 Å². The van der Waals surface area contributed by atoms with Crippen LogP contribution < -0.4 is 9.04 Å². The van der Waals surface area contributed by atoms with Crippen LogP contribution in [0, 0.1) is 6.92 Å². The predicted octanol–water partition coefficient (Wildman–Crippen LogP) is 2.99. The van der Waals surface area contributed by atoms with Gasteiger partial charge in [0.1, 0.15) is 5.75 Å². The maximum absolute atomic E-state index is 13.3. The first-order chi connectivity index (χ1) is 14.7. The summed E-state index contributed by atoms with van der Waals surface area (Å²) in [6.45, 7) is 3.72.